The minimum Gasteiger partial charge on any atom is -0.464 e. The van der Waals surface area contributed by atoms with Gasteiger partial charge in [-0.1, -0.05) is 31.2 Å². The van der Waals surface area contributed by atoms with Crippen molar-refractivity contribution in [2.75, 3.05) is 19.9 Å². The summed E-state index contributed by atoms with van der Waals surface area (Å²) in [5.74, 6) is 2.54. The third-order valence-corrected chi connectivity index (χ3v) is 5.43. The summed E-state index contributed by atoms with van der Waals surface area (Å²) in [5, 5.41) is 0. The first kappa shape index (κ1) is 22.5. The van der Waals surface area contributed by atoms with Gasteiger partial charge in [0.2, 0.25) is 12.7 Å². The van der Waals surface area contributed by atoms with Gasteiger partial charge in [0, 0.05) is 18.7 Å². The van der Waals surface area contributed by atoms with Crippen molar-refractivity contribution in [2.24, 2.45) is 0 Å². The number of fused-ring (bicyclic) bond motifs is 1. The maximum Gasteiger partial charge on any atom is 0.254 e. The van der Waals surface area contributed by atoms with E-state index in [1.54, 1.807) is 21.9 Å². The minimum absolute atomic E-state index is 0.00812. The third kappa shape index (κ3) is 5.55. The van der Waals surface area contributed by atoms with Gasteiger partial charge < -0.3 is 23.7 Å². The Labute approximate surface area is 193 Å². The highest BCUT2D eigenvalue weighted by Crippen LogP contribution is 2.33. The summed E-state index contributed by atoms with van der Waals surface area (Å²) in [6.07, 6.45) is 0.755. The fourth-order valence-electron chi connectivity index (χ4n) is 3.80. The molecular weight excluding hydrogens is 420 g/mol. The van der Waals surface area contributed by atoms with E-state index in [0.29, 0.717) is 42.5 Å². The molecule has 0 bridgehead atoms. The van der Waals surface area contributed by atoms with Crippen molar-refractivity contribution in [3.8, 4) is 11.5 Å². The number of benzene rings is 2. The molecule has 2 heterocycles. The summed E-state index contributed by atoms with van der Waals surface area (Å²) in [6.45, 7) is 5.21. The van der Waals surface area contributed by atoms with Crippen LogP contribution in [0, 0.1) is 6.92 Å². The molecule has 0 unspecified atom stereocenters. The normalized spacial score (nSPS) is 11.9. The minimum atomic E-state index is -0.153. The number of carbonyl (C=O) groups excluding carboxylic acids is 2. The molecule has 2 amide bonds. The molecule has 0 spiro atoms. The highest BCUT2D eigenvalue weighted by Gasteiger charge is 2.24. The second kappa shape index (κ2) is 10.3. The second-order valence-corrected chi connectivity index (χ2v) is 8.04. The molecule has 4 rings (SSSR count). The Morgan fingerprint density at radius 3 is 2.42 bits per heavy atom. The third-order valence-electron chi connectivity index (χ3n) is 5.43. The van der Waals surface area contributed by atoms with E-state index < -0.39 is 0 Å². The molecule has 172 valence electrons. The lowest BCUT2D eigenvalue weighted by Crippen LogP contribution is -2.42. The van der Waals surface area contributed by atoms with Crippen molar-refractivity contribution in [3.63, 3.8) is 0 Å². The molecular formula is C26H28N2O5. The van der Waals surface area contributed by atoms with E-state index in [1.807, 2.05) is 62.4 Å². The average molecular weight is 449 g/mol. The molecule has 0 fully saturated rings. The zero-order chi connectivity index (χ0) is 23.2. The van der Waals surface area contributed by atoms with Gasteiger partial charge in [-0.3, -0.25) is 9.59 Å². The highest BCUT2D eigenvalue weighted by molar-refractivity contribution is 5.96. The maximum atomic E-state index is 13.4. The van der Waals surface area contributed by atoms with E-state index in [-0.39, 0.29) is 25.2 Å². The number of rotatable bonds is 9. The van der Waals surface area contributed by atoms with E-state index in [0.717, 1.165) is 17.7 Å². The molecule has 1 aliphatic heterocycles. The van der Waals surface area contributed by atoms with E-state index in [1.165, 1.54) is 0 Å². The van der Waals surface area contributed by atoms with Crippen molar-refractivity contribution < 1.29 is 23.5 Å². The Morgan fingerprint density at radius 2 is 1.70 bits per heavy atom. The van der Waals surface area contributed by atoms with Crippen LogP contribution in [0.1, 0.15) is 40.8 Å². The van der Waals surface area contributed by atoms with Crippen LogP contribution in [-0.4, -0.2) is 41.5 Å². The summed E-state index contributed by atoms with van der Waals surface area (Å²) in [5.41, 5.74) is 1.48. The topological polar surface area (TPSA) is 72.2 Å². The second-order valence-electron chi connectivity index (χ2n) is 8.04. The zero-order valence-corrected chi connectivity index (χ0v) is 19.0. The van der Waals surface area contributed by atoms with E-state index in [4.69, 9.17) is 13.9 Å². The predicted molar refractivity (Wildman–Crippen MR) is 123 cm³/mol. The number of aryl methyl sites for hydroxylation is 1. The summed E-state index contributed by atoms with van der Waals surface area (Å²) >= 11 is 0. The fourth-order valence-corrected chi connectivity index (χ4v) is 3.80. The molecule has 0 saturated heterocycles. The van der Waals surface area contributed by atoms with E-state index in [2.05, 4.69) is 0 Å². The van der Waals surface area contributed by atoms with Gasteiger partial charge in [-0.05, 0) is 55.3 Å². The molecule has 3 aromatic rings. The van der Waals surface area contributed by atoms with Crippen LogP contribution in [-0.2, 0) is 17.9 Å². The molecule has 0 atom stereocenters. The van der Waals surface area contributed by atoms with Crippen molar-refractivity contribution >= 4 is 11.8 Å². The monoisotopic (exact) mass is 448 g/mol. The lowest BCUT2D eigenvalue weighted by molar-refractivity contribution is -0.133. The number of carbonyl (C=O) groups is 2. The summed E-state index contributed by atoms with van der Waals surface area (Å²) in [6, 6.07) is 18.4. The van der Waals surface area contributed by atoms with E-state index in [9.17, 15) is 9.59 Å². The van der Waals surface area contributed by atoms with Crippen LogP contribution in [0.5, 0.6) is 11.5 Å². The maximum absolute atomic E-state index is 13.4. The van der Waals surface area contributed by atoms with Crippen LogP contribution in [0.15, 0.2) is 65.1 Å². The van der Waals surface area contributed by atoms with Gasteiger partial charge in [0.15, 0.2) is 11.5 Å². The largest absolute Gasteiger partial charge is 0.464 e. The Morgan fingerprint density at radius 1 is 0.909 bits per heavy atom. The predicted octanol–water partition coefficient (Wildman–Crippen LogP) is 4.40. The Balaban J connectivity index is 1.54. The molecule has 0 radical (unpaired) electrons. The number of furan rings is 1. The van der Waals surface area contributed by atoms with E-state index >= 15 is 0 Å². The molecule has 2 aromatic carbocycles. The van der Waals surface area contributed by atoms with Crippen LogP contribution in [0.25, 0.3) is 0 Å². The van der Waals surface area contributed by atoms with Crippen LogP contribution >= 0.6 is 0 Å². The standard InChI is InChI=1S/C26H28N2O5/c1-3-13-27(26(30)21-7-5-4-6-8-21)17-25(29)28(16-22-11-9-19(2)33-22)15-20-10-12-23-24(14-20)32-18-31-23/h4-12,14H,3,13,15-18H2,1-2H3. The number of hydrogen-bond donors (Lipinski definition) is 0. The number of ether oxygens (including phenoxy) is 2. The SMILES string of the molecule is CCCN(CC(=O)N(Cc1ccc2c(c1)OCO2)Cc1ccc(C)o1)C(=O)c1ccccc1. The highest BCUT2D eigenvalue weighted by atomic mass is 16.7. The van der Waals surface area contributed by atoms with Gasteiger partial charge in [-0.25, -0.2) is 0 Å². The number of amides is 2. The Kier molecular flexibility index (Phi) is 6.98. The van der Waals surface area contributed by atoms with Crippen molar-refractivity contribution in [1.29, 1.82) is 0 Å². The lowest BCUT2D eigenvalue weighted by atomic mass is 10.1. The number of nitrogens with zero attached hydrogens (tertiary/aromatic N) is 2. The van der Waals surface area contributed by atoms with Crippen molar-refractivity contribution in [2.45, 2.75) is 33.4 Å². The van der Waals surface area contributed by atoms with Gasteiger partial charge in [-0.15, -0.1) is 0 Å². The molecule has 1 aliphatic rings. The summed E-state index contributed by atoms with van der Waals surface area (Å²) in [7, 11) is 0. The summed E-state index contributed by atoms with van der Waals surface area (Å²) in [4.78, 5) is 29.8. The molecule has 7 heteroatoms. The van der Waals surface area contributed by atoms with Crippen LogP contribution < -0.4 is 9.47 Å². The average Bonchev–Trinajstić information content (AvgIpc) is 3.46. The lowest BCUT2D eigenvalue weighted by Gasteiger charge is -2.27. The smallest absolute Gasteiger partial charge is 0.254 e. The van der Waals surface area contributed by atoms with Gasteiger partial charge in [0.05, 0.1) is 6.54 Å². The van der Waals surface area contributed by atoms with Gasteiger partial charge in [-0.2, -0.15) is 0 Å². The van der Waals surface area contributed by atoms with Crippen LogP contribution in [0.3, 0.4) is 0 Å². The first-order valence-electron chi connectivity index (χ1n) is 11.1. The Hall–Kier alpha value is -3.74. The van der Waals surface area contributed by atoms with Crippen molar-refractivity contribution in [1.82, 2.24) is 9.80 Å². The van der Waals surface area contributed by atoms with Gasteiger partial charge in [0.25, 0.3) is 5.91 Å². The van der Waals surface area contributed by atoms with Gasteiger partial charge >= 0.3 is 0 Å². The summed E-state index contributed by atoms with van der Waals surface area (Å²) < 4.78 is 16.6. The molecule has 1 aromatic heterocycles. The first-order chi connectivity index (χ1) is 16.0. The van der Waals surface area contributed by atoms with Crippen LogP contribution in [0.2, 0.25) is 0 Å². The molecule has 0 N–H and O–H groups in total. The van der Waals surface area contributed by atoms with Gasteiger partial charge in [0.1, 0.15) is 18.1 Å². The fraction of sp³-hybridized carbons (Fsp3) is 0.308. The molecule has 33 heavy (non-hydrogen) atoms. The molecule has 7 nitrogen and oxygen atoms in total. The number of hydrogen-bond acceptors (Lipinski definition) is 5. The Bertz CT molecular complexity index is 1110. The molecule has 0 saturated carbocycles. The zero-order valence-electron chi connectivity index (χ0n) is 19.0. The van der Waals surface area contributed by atoms with Crippen molar-refractivity contribution in [3.05, 3.63) is 83.3 Å². The first-order valence-corrected chi connectivity index (χ1v) is 11.1. The molecule has 0 aliphatic carbocycles. The quantitative estimate of drug-likeness (QED) is 0.485. The van der Waals surface area contributed by atoms with Crippen LogP contribution in [0.4, 0.5) is 0 Å².